The van der Waals surface area contributed by atoms with Gasteiger partial charge in [-0.15, -0.1) is 16.9 Å². The molecule has 0 bridgehead atoms. The van der Waals surface area contributed by atoms with Crippen LogP contribution in [-0.4, -0.2) is 90.4 Å². The first-order valence-electron chi connectivity index (χ1n) is 15.4. The number of Topliss-reactive ketones (excluding diaryl/α,β-unsaturated/α-hetero) is 1. The number of hydrogen-bond acceptors (Lipinski definition) is 12. The first-order chi connectivity index (χ1) is 23.0. The summed E-state index contributed by atoms with van der Waals surface area (Å²) in [4.78, 5) is 46.8. The maximum atomic E-state index is 14.1. The van der Waals surface area contributed by atoms with E-state index >= 15 is 0 Å². The van der Waals surface area contributed by atoms with Crippen molar-refractivity contribution in [1.82, 2.24) is 25.1 Å². The number of β-lactam (4-membered cyclic amide) rings is 1. The van der Waals surface area contributed by atoms with Crippen molar-refractivity contribution in [3.8, 4) is 5.75 Å². The number of aromatic hydroxyl groups is 1. The molecule has 1 amide bonds. The van der Waals surface area contributed by atoms with E-state index in [9.17, 15) is 19.5 Å². The number of halogens is 1. The Morgan fingerprint density at radius 3 is 2.33 bits per heavy atom. The lowest BCUT2D eigenvalue weighted by molar-refractivity contribution is -0.182. The molecule has 0 saturated carbocycles. The average molecular weight is 772 g/mol. The van der Waals surface area contributed by atoms with Crippen molar-refractivity contribution in [1.29, 1.82) is 0 Å². The highest BCUT2D eigenvalue weighted by Crippen LogP contribution is 2.49. The molecule has 1 aromatic heterocycles. The zero-order valence-electron chi connectivity index (χ0n) is 28.6. The minimum absolute atomic E-state index is 0.0533. The van der Waals surface area contributed by atoms with E-state index in [2.05, 4.69) is 31.5 Å². The quantitative estimate of drug-likeness (QED) is 0.0926. The summed E-state index contributed by atoms with van der Waals surface area (Å²) in [5.41, 5.74) is 0.952. The van der Waals surface area contributed by atoms with Crippen molar-refractivity contribution >= 4 is 63.3 Å². The van der Waals surface area contributed by atoms with Gasteiger partial charge in [-0.25, -0.2) is 14.5 Å². The topological polar surface area (TPSA) is 149 Å². The lowest BCUT2D eigenvalue weighted by Crippen LogP contribution is -2.73. The molecule has 260 valence electrons. The van der Waals surface area contributed by atoms with Gasteiger partial charge in [0.2, 0.25) is 5.16 Å². The first kappa shape index (κ1) is 36.7. The van der Waals surface area contributed by atoms with Gasteiger partial charge in [-0.05, 0) is 56.7 Å². The van der Waals surface area contributed by atoms with Gasteiger partial charge in [0.1, 0.15) is 16.8 Å². The summed E-state index contributed by atoms with van der Waals surface area (Å²) < 4.78 is 13.7. The lowest BCUT2D eigenvalue weighted by Gasteiger charge is -2.54. The molecule has 3 aromatic rings. The van der Waals surface area contributed by atoms with Crippen LogP contribution in [0.1, 0.15) is 68.6 Å². The van der Waals surface area contributed by atoms with E-state index in [1.165, 1.54) is 40.2 Å². The smallest absolute Gasteiger partial charge is 0.355 e. The summed E-state index contributed by atoms with van der Waals surface area (Å²) >= 11 is 6.07. The predicted molar refractivity (Wildman–Crippen MR) is 192 cm³/mol. The van der Waals surface area contributed by atoms with Crippen LogP contribution in [0.5, 0.6) is 5.75 Å². The maximum Gasteiger partial charge on any atom is 0.355 e. The Bertz CT molecular complexity index is 1810. The molecule has 1 saturated heterocycles. The molecule has 5 rings (SSSR count). The molecule has 3 heterocycles. The molecule has 0 spiro atoms. The van der Waals surface area contributed by atoms with Crippen LogP contribution in [0.2, 0.25) is 0 Å². The number of fused-ring (bicyclic) bond motifs is 1. The fourth-order valence-electron chi connectivity index (χ4n) is 5.49. The van der Waals surface area contributed by atoms with Crippen LogP contribution >= 0.6 is 39.5 Å². The number of nitrogens with zero attached hydrogens (tertiary/aromatic N) is 6. The molecule has 49 heavy (non-hydrogen) atoms. The molecule has 1 fully saturated rings. The summed E-state index contributed by atoms with van der Waals surface area (Å²) in [5.74, 6) is -0.823. The van der Waals surface area contributed by atoms with Crippen LogP contribution in [-0.2, 0) is 36.9 Å². The molecule has 1 N–H and O–H groups in total. The van der Waals surface area contributed by atoms with E-state index in [1.54, 1.807) is 37.5 Å². The number of phenolic OH excluding ortho intramolecular Hbond substituents is 1. The number of ether oxygens (including phenoxy) is 2. The molecule has 2 aromatic carbocycles. The van der Waals surface area contributed by atoms with E-state index in [0.29, 0.717) is 33.4 Å². The molecular weight excluding hydrogens is 732 g/mol. The second-order valence-corrected chi connectivity index (χ2v) is 16.7. The average Bonchev–Trinajstić information content (AvgIpc) is 3.46. The number of ketones is 1. The minimum Gasteiger partial charge on any atom is -0.507 e. The van der Waals surface area contributed by atoms with E-state index in [1.807, 2.05) is 53.7 Å². The molecule has 2 aliphatic rings. The third kappa shape index (κ3) is 7.35. The zero-order chi connectivity index (χ0) is 35.9. The third-order valence-corrected chi connectivity index (χ3v) is 11.2. The maximum absolute atomic E-state index is 14.1. The third-order valence-electron chi connectivity index (χ3n) is 8.20. The molecule has 0 radical (unpaired) electrons. The summed E-state index contributed by atoms with van der Waals surface area (Å²) in [7, 11) is 3.12. The van der Waals surface area contributed by atoms with E-state index in [0.717, 1.165) is 15.6 Å². The molecule has 0 unspecified atom stereocenters. The predicted octanol–water partition coefficient (Wildman–Crippen LogP) is 5.42. The monoisotopic (exact) mass is 770 g/mol. The van der Waals surface area contributed by atoms with E-state index < -0.39 is 29.6 Å². The van der Waals surface area contributed by atoms with Crippen molar-refractivity contribution < 1.29 is 29.0 Å². The summed E-state index contributed by atoms with van der Waals surface area (Å²) in [6.45, 7) is 11.6. The highest BCUT2D eigenvalue weighted by atomic mass is 79.9. The standard InChI is InChI=1S/C34H39BrN6O6S2/c1-32(2,3)23-13-19(14-24(27(23)43)33(4,5)6)15-36-34(46-8)29(45)41-26(28(44)47-16-25(42)20-9-11-22(35)12-10-20)21(17-48-30(34)41)18-49-31-37-38-39-40(31)7/h9-15,30,43H,16-18H2,1-8H3/t30-,34+/m1/s1. The van der Waals surface area contributed by atoms with Crippen molar-refractivity contribution in [3.05, 3.63) is 74.4 Å². The van der Waals surface area contributed by atoms with Gasteiger partial charge >= 0.3 is 5.97 Å². The number of aliphatic imine (C=N–C) groups is 1. The lowest BCUT2D eigenvalue weighted by atomic mass is 9.78. The SMILES string of the molecule is CO[C@@]1(N=Cc2cc(C(C)(C)C)c(O)c(C(C)(C)C)c2)C(=O)N2C(C(=O)OCC(=O)c3ccc(Br)cc3)=C(CSc3nnnn3C)CS[C@@H]21. The number of carbonyl (C=O) groups is 3. The van der Waals surface area contributed by atoms with Crippen LogP contribution in [0.3, 0.4) is 0 Å². The van der Waals surface area contributed by atoms with Gasteiger partial charge < -0.3 is 14.6 Å². The highest BCUT2D eigenvalue weighted by molar-refractivity contribution is 9.10. The summed E-state index contributed by atoms with van der Waals surface area (Å²) in [6.07, 6.45) is 1.59. The van der Waals surface area contributed by atoms with Crippen LogP contribution in [0.25, 0.3) is 0 Å². The zero-order valence-corrected chi connectivity index (χ0v) is 31.8. The minimum atomic E-state index is -1.61. The number of carbonyl (C=O) groups excluding carboxylic acids is 3. The number of phenols is 1. The molecule has 2 atom stereocenters. The van der Waals surface area contributed by atoms with Crippen LogP contribution in [0, 0.1) is 0 Å². The van der Waals surface area contributed by atoms with Crippen molar-refractivity contribution in [2.45, 2.75) is 68.6 Å². The van der Waals surface area contributed by atoms with Crippen molar-refractivity contribution in [2.75, 3.05) is 25.2 Å². The second kappa shape index (κ2) is 14.0. The van der Waals surface area contributed by atoms with Gasteiger partial charge in [-0.1, -0.05) is 81.4 Å². The fourth-order valence-corrected chi connectivity index (χ4v) is 8.17. The second-order valence-electron chi connectivity index (χ2n) is 13.8. The van der Waals surface area contributed by atoms with Crippen LogP contribution in [0.4, 0.5) is 0 Å². The summed E-state index contributed by atoms with van der Waals surface area (Å²) in [6, 6.07) is 10.5. The first-order valence-corrected chi connectivity index (χ1v) is 18.3. The number of tetrazole rings is 1. The van der Waals surface area contributed by atoms with Gasteiger partial charge in [-0.2, -0.15) is 0 Å². The Morgan fingerprint density at radius 1 is 1.14 bits per heavy atom. The molecule has 2 aliphatic heterocycles. The number of thioether (sulfide) groups is 2. The number of amides is 1. The molecular formula is C34H39BrN6O6S2. The van der Waals surface area contributed by atoms with Gasteiger partial charge in [0.25, 0.3) is 11.6 Å². The molecule has 0 aliphatic carbocycles. The van der Waals surface area contributed by atoms with Gasteiger partial charge in [-0.3, -0.25) is 14.5 Å². The van der Waals surface area contributed by atoms with Crippen LogP contribution < -0.4 is 0 Å². The van der Waals surface area contributed by atoms with Crippen molar-refractivity contribution in [3.63, 3.8) is 0 Å². The number of benzene rings is 2. The number of rotatable bonds is 10. The molecule has 12 nitrogen and oxygen atoms in total. The number of esters is 1. The number of aryl methyl sites for hydroxylation is 1. The van der Waals surface area contributed by atoms with Gasteiger partial charge in [0.05, 0.1) is 0 Å². The molecule has 15 heteroatoms. The number of methoxy groups -OCH3 is 1. The Hall–Kier alpha value is -3.53. The largest absolute Gasteiger partial charge is 0.507 e. The highest BCUT2D eigenvalue weighted by Gasteiger charge is 2.66. The Morgan fingerprint density at radius 2 is 1.78 bits per heavy atom. The van der Waals surface area contributed by atoms with E-state index in [-0.39, 0.29) is 28.1 Å². The Balaban J connectivity index is 1.46. The Kier molecular flexibility index (Phi) is 10.5. The Labute approximate surface area is 302 Å². The van der Waals surface area contributed by atoms with Crippen LogP contribution in [0.15, 0.2) is 62.3 Å². The van der Waals surface area contributed by atoms with E-state index in [4.69, 9.17) is 14.5 Å². The van der Waals surface area contributed by atoms with Gasteiger partial charge in [0.15, 0.2) is 12.4 Å². The van der Waals surface area contributed by atoms with Gasteiger partial charge in [0, 0.05) is 53.0 Å². The normalized spacial score (nSPS) is 19.7. The van der Waals surface area contributed by atoms with Crippen molar-refractivity contribution in [2.24, 2.45) is 12.0 Å². The summed E-state index contributed by atoms with van der Waals surface area (Å²) in [5, 5.41) is 22.5. The fraction of sp³-hybridized carbons (Fsp3) is 0.441. The number of hydrogen-bond donors (Lipinski definition) is 1. The number of aromatic nitrogens is 4.